The third-order valence-electron chi connectivity index (χ3n) is 5.17. The molecule has 1 aliphatic heterocycles. The van der Waals surface area contributed by atoms with Gasteiger partial charge < -0.3 is 9.31 Å². The first-order valence-corrected chi connectivity index (χ1v) is 8.53. The summed E-state index contributed by atoms with van der Waals surface area (Å²) in [5.41, 5.74) is 3.01. The molecule has 3 aromatic rings. The van der Waals surface area contributed by atoms with Gasteiger partial charge in [-0.1, -0.05) is 24.3 Å². The van der Waals surface area contributed by atoms with Crippen LogP contribution in [0.3, 0.4) is 0 Å². The van der Waals surface area contributed by atoms with Gasteiger partial charge in [-0.05, 0) is 62.8 Å². The number of hydrogen-bond acceptors (Lipinski definition) is 4. The van der Waals surface area contributed by atoms with Crippen LogP contribution >= 0.6 is 0 Å². The second-order valence-electron chi connectivity index (χ2n) is 7.45. The average molecular weight is 332 g/mol. The summed E-state index contributed by atoms with van der Waals surface area (Å²) in [5, 5.41) is 1.06. The highest BCUT2D eigenvalue weighted by Crippen LogP contribution is 2.36. The Kier molecular flexibility index (Phi) is 3.67. The third-order valence-corrected chi connectivity index (χ3v) is 5.17. The molecule has 2 aromatic heterocycles. The Balaban J connectivity index is 1.68. The van der Waals surface area contributed by atoms with Crippen LogP contribution in [0.25, 0.3) is 22.3 Å². The molecule has 0 radical (unpaired) electrons. The van der Waals surface area contributed by atoms with Crippen molar-refractivity contribution in [3.05, 3.63) is 54.7 Å². The molecule has 0 atom stereocenters. The SMILES string of the molecule is CC1(C)OB(c2ccc3nc(-c4ccccn4)ccc3c2)OC1(C)C. The maximum Gasteiger partial charge on any atom is 0.494 e. The topological polar surface area (TPSA) is 44.2 Å². The smallest absolute Gasteiger partial charge is 0.399 e. The summed E-state index contributed by atoms with van der Waals surface area (Å²) in [6.07, 6.45) is 1.78. The van der Waals surface area contributed by atoms with Crippen LogP contribution in [0.5, 0.6) is 0 Å². The minimum atomic E-state index is -0.357. The van der Waals surface area contributed by atoms with Crippen LogP contribution in [0.1, 0.15) is 27.7 Å². The highest BCUT2D eigenvalue weighted by molar-refractivity contribution is 6.62. The molecule has 0 spiro atoms. The van der Waals surface area contributed by atoms with Crippen molar-refractivity contribution in [3.8, 4) is 11.4 Å². The quantitative estimate of drug-likeness (QED) is 0.673. The minimum Gasteiger partial charge on any atom is -0.399 e. The summed E-state index contributed by atoms with van der Waals surface area (Å²) >= 11 is 0. The molecule has 0 N–H and O–H groups in total. The lowest BCUT2D eigenvalue weighted by molar-refractivity contribution is 0.00578. The zero-order valence-electron chi connectivity index (χ0n) is 15.0. The number of benzene rings is 1. The Morgan fingerprint density at radius 1 is 0.840 bits per heavy atom. The third kappa shape index (κ3) is 2.83. The summed E-state index contributed by atoms with van der Waals surface area (Å²) < 4.78 is 12.3. The minimum absolute atomic E-state index is 0.340. The molecule has 0 bridgehead atoms. The van der Waals surface area contributed by atoms with E-state index < -0.39 is 0 Å². The van der Waals surface area contributed by atoms with E-state index in [2.05, 4.69) is 44.8 Å². The van der Waals surface area contributed by atoms with Crippen molar-refractivity contribution in [1.29, 1.82) is 0 Å². The summed E-state index contributed by atoms with van der Waals surface area (Å²) in [7, 11) is -0.357. The van der Waals surface area contributed by atoms with Crippen molar-refractivity contribution in [3.63, 3.8) is 0 Å². The lowest BCUT2D eigenvalue weighted by Gasteiger charge is -2.32. The monoisotopic (exact) mass is 332 g/mol. The van der Waals surface area contributed by atoms with E-state index in [1.165, 1.54) is 0 Å². The van der Waals surface area contributed by atoms with Crippen molar-refractivity contribution in [2.24, 2.45) is 0 Å². The molecule has 3 heterocycles. The molecule has 1 fully saturated rings. The van der Waals surface area contributed by atoms with Crippen LogP contribution < -0.4 is 5.46 Å². The first-order chi connectivity index (χ1) is 11.9. The van der Waals surface area contributed by atoms with Gasteiger partial charge in [0.15, 0.2) is 0 Å². The zero-order valence-corrected chi connectivity index (χ0v) is 15.0. The number of pyridine rings is 2. The molecule has 1 aliphatic rings. The van der Waals surface area contributed by atoms with Crippen molar-refractivity contribution >= 4 is 23.5 Å². The molecule has 5 heteroatoms. The van der Waals surface area contributed by atoms with Gasteiger partial charge in [0.25, 0.3) is 0 Å². The number of nitrogens with zero attached hydrogens (tertiary/aromatic N) is 2. The van der Waals surface area contributed by atoms with Gasteiger partial charge >= 0.3 is 7.12 Å². The second kappa shape index (κ2) is 5.65. The van der Waals surface area contributed by atoms with Crippen molar-refractivity contribution in [1.82, 2.24) is 9.97 Å². The maximum atomic E-state index is 6.14. The fourth-order valence-corrected chi connectivity index (χ4v) is 2.93. The largest absolute Gasteiger partial charge is 0.494 e. The van der Waals surface area contributed by atoms with E-state index >= 15 is 0 Å². The standard InChI is InChI=1S/C20H21BN2O2/c1-19(2)20(3,4)25-21(24-19)15-9-11-16-14(13-15)8-10-18(23-16)17-7-5-6-12-22-17/h5-13H,1-4H3. The Morgan fingerprint density at radius 3 is 2.28 bits per heavy atom. The molecule has 0 saturated carbocycles. The predicted molar refractivity (Wildman–Crippen MR) is 101 cm³/mol. The van der Waals surface area contributed by atoms with Gasteiger partial charge in [0.1, 0.15) is 0 Å². The molecule has 4 rings (SSSR count). The summed E-state index contributed by atoms with van der Waals surface area (Å²) in [4.78, 5) is 9.09. The first kappa shape index (κ1) is 16.2. The molecule has 25 heavy (non-hydrogen) atoms. The van der Waals surface area contributed by atoms with E-state index in [0.717, 1.165) is 27.8 Å². The van der Waals surface area contributed by atoms with Gasteiger partial charge in [0.2, 0.25) is 0 Å². The van der Waals surface area contributed by atoms with Gasteiger partial charge in [-0.15, -0.1) is 0 Å². The molecule has 0 unspecified atom stereocenters. The van der Waals surface area contributed by atoms with Crippen LogP contribution in [-0.2, 0) is 9.31 Å². The van der Waals surface area contributed by atoms with E-state index in [1.54, 1.807) is 6.20 Å². The van der Waals surface area contributed by atoms with Crippen molar-refractivity contribution < 1.29 is 9.31 Å². The summed E-state index contributed by atoms with van der Waals surface area (Å²) in [6, 6.07) is 16.0. The Labute approximate surface area is 148 Å². The van der Waals surface area contributed by atoms with Crippen LogP contribution in [0.2, 0.25) is 0 Å². The average Bonchev–Trinajstić information content (AvgIpc) is 2.82. The Morgan fingerprint density at radius 2 is 1.60 bits per heavy atom. The predicted octanol–water partition coefficient (Wildman–Crippen LogP) is 3.60. The van der Waals surface area contributed by atoms with E-state index in [1.807, 2.05) is 36.4 Å². The van der Waals surface area contributed by atoms with Gasteiger partial charge in [-0.25, -0.2) is 4.98 Å². The number of rotatable bonds is 2. The van der Waals surface area contributed by atoms with E-state index in [0.29, 0.717) is 0 Å². The Hall–Kier alpha value is -2.24. The maximum absolute atomic E-state index is 6.14. The van der Waals surface area contributed by atoms with Gasteiger partial charge in [-0.3, -0.25) is 4.98 Å². The van der Waals surface area contributed by atoms with Gasteiger partial charge in [-0.2, -0.15) is 0 Å². The molecule has 1 saturated heterocycles. The van der Waals surface area contributed by atoms with E-state index in [-0.39, 0.29) is 18.3 Å². The Bertz CT molecular complexity index is 909. The number of aromatic nitrogens is 2. The van der Waals surface area contributed by atoms with Crippen LogP contribution in [-0.4, -0.2) is 28.3 Å². The lowest BCUT2D eigenvalue weighted by Crippen LogP contribution is -2.41. The normalized spacial score (nSPS) is 18.6. The van der Waals surface area contributed by atoms with E-state index in [9.17, 15) is 0 Å². The van der Waals surface area contributed by atoms with Crippen LogP contribution in [0.15, 0.2) is 54.7 Å². The molecule has 0 amide bonds. The number of hydrogen-bond donors (Lipinski definition) is 0. The first-order valence-electron chi connectivity index (χ1n) is 8.53. The fourth-order valence-electron chi connectivity index (χ4n) is 2.93. The van der Waals surface area contributed by atoms with Gasteiger partial charge in [0.05, 0.1) is 28.1 Å². The van der Waals surface area contributed by atoms with Crippen molar-refractivity contribution in [2.75, 3.05) is 0 Å². The zero-order chi connectivity index (χ0) is 17.7. The van der Waals surface area contributed by atoms with Crippen LogP contribution in [0.4, 0.5) is 0 Å². The second-order valence-corrected chi connectivity index (χ2v) is 7.45. The molecule has 126 valence electrons. The number of fused-ring (bicyclic) bond motifs is 1. The van der Waals surface area contributed by atoms with Gasteiger partial charge in [0, 0.05) is 6.20 Å². The van der Waals surface area contributed by atoms with E-state index in [4.69, 9.17) is 14.3 Å². The lowest BCUT2D eigenvalue weighted by atomic mass is 9.78. The fraction of sp³-hybridized carbons (Fsp3) is 0.300. The summed E-state index contributed by atoms with van der Waals surface area (Å²) in [5.74, 6) is 0. The van der Waals surface area contributed by atoms with Crippen molar-refractivity contribution in [2.45, 2.75) is 38.9 Å². The molecular weight excluding hydrogens is 311 g/mol. The molecule has 0 aliphatic carbocycles. The molecular formula is C20H21BN2O2. The molecule has 4 nitrogen and oxygen atoms in total. The van der Waals surface area contributed by atoms with Crippen LogP contribution in [0, 0.1) is 0 Å². The highest BCUT2D eigenvalue weighted by atomic mass is 16.7. The highest BCUT2D eigenvalue weighted by Gasteiger charge is 2.51. The summed E-state index contributed by atoms with van der Waals surface area (Å²) in [6.45, 7) is 8.26. The molecule has 1 aromatic carbocycles.